The molecule has 3 aromatic carbocycles. The molecule has 38 heavy (non-hydrogen) atoms. The quantitative estimate of drug-likeness (QED) is 0.299. The second kappa shape index (κ2) is 12.0. The molecule has 0 saturated carbocycles. The standard InChI is InChI=1S/C31H33N3O3S/c32-19-28-20-33-29(38-28)25-11-13-27(14-12-25)31(36,26-9-5-2-6-10-26)30(35)37-22-24-15-17-34(18-16-24)21-23-7-3-1-4-8-23/h1-14,20,24,36H,15-19,21-22,32H2. The molecule has 1 unspecified atom stereocenters. The summed E-state index contributed by atoms with van der Waals surface area (Å²) in [5.74, 6) is -0.377. The van der Waals surface area contributed by atoms with E-state index in [1.165, 1.54) is 16.9 Å². The number of likely N-dealkylation sites (tertiary alicyclic amines) is 1. The molecule has 2 heterocycles. The first-order chi connectivity index (χ1) is 18.6. The summed E-state index contributed by atoms with van der Waals surface area (Å²) in [6.07, 6.45) is 3.69. The van der Waals surface area contributed by atoms with Crippen LogP contribution in [0, 0.1) is 5.92 Å². The van der Waals surface area contributed by atoms with E-state index in [4.69, 9.17) is 10.5 Å². The van der Waals surface area contributed by atoms with E-state index in [2.05, 4.69) is 34.1 Å². The first kappa shape index (κ1) is 26.3. The molecule has 1 saturated heterocycles. The Morgan fingerprint density at radius 1 is 0.974 bits per heavy atom. The topological polar surface area (TPSA) is 88.7 Å². The molecule has 0 radical (unpaired) electrons. The van der Waals surface area contributed by atoms with E-state index < -0.39 is 11.6 Å². The van der Waals surface area contributed by atoms with Crippen LogP contribution in [-0.2, 0) is 28.2 Å². The summed E-state index contributed by atoms with van der Waals surface area (Å²) in [5.41, 5.74) is 6.98. The second-order valence-corrected chi connectivity index (χ2v) is 10.9. The lowest BCUT2D eigenvalue weighted by Gasteiger charge is -2.33. The third-order valence-electron chi connectivity index (χ3n) is 7.20. The number of nitrogens with two attached hydrogens (primary N) is 1. The molecule has 5 rings (SSSR count). The van der Waals surface area contributed by atoms with Crippen molar-refractivity contribution in [3.63, 3.8) is 0 Å². The van der Waals surface area contributed by atoms with Gasteiger partial charge in [0.1, 0.15) is 5.01 Å². The van der Waals surface area contributed by atoms with Crippen molar-refractivity contribution in [2.45, 2.75) is 31.5 Å². The SMILES string of the molecule is NCc1cnc(-c2ccc(C(O)(C(=O)OCC3CCN(Cc4ccccc4)CC3)c3ccccc3)cc2)s1. The predicted molar refractivity (Wildman–Crippen MR) is 150 cm³/mol. The van der Waals surface area contributed by atoms with Gasteiger partial charge in [0.25, 0.3) is 0 Å². The first-order valence-corrected chi connectivity index (χ1v) is 13.8. The highest BCUT2D eigenvalue weighted by atomic mass is 32.1. The fourth-order valence-electron chi connectivity index (χ4n) is 4.92. The Labute approximate surface area is 227 Å². The third kappa shape index (κ3) is 5.87. The smallest absolute Gasteiger partial charge is 0.347 e. The predicted octanol–water partition coefficient (Wildman–Crippen LogP) is 4.96. The van der Waals surface area contributed by atoms with Gasteiger partial charge >= 0.3 is 5.97 Å². The van der Waals surface area contributed by atoms with Crippen LogP contribution in [0.4, 0.5) is 0 Å². The minimum Gasteiger partial charge on any atom is -0.463 e. The Morgan fingerprint density at radius 2 is 1.61 bits per heavy atom. The molecule has 1 aromatic heterocycles. The van der Waals surface area contributed by atoms with Crippen molar-refractivity contribution in [1.29, 1.82) is 0 Å². The van der Waals surface area contributed by atoms with E-state index in [0.29, 0.717) is 24.3 Å². The lowest BCUT2D eigenvalue weighted by molar-refractivity contribution is -0.164. The molecule has 1 fully saturated rings. The average molecular weight is 528 g/mol. The van der Waals surface area contributed by atoms with Crippen LogP contribution in [0.2, 0.25) is 0 Å². The zero-order valence-corrected chi connectivity index (χ0v) is 22.1. The van der Waals surface area contributed by atoms with Gasteiger partial charge in [-0.2, -0.15) is 0 Å². The summed E-state index contributed by atoms with van der Waals surface area (Å²) >= 11 is 1.53. The fourth-order valence-corrected chi connectivity index (χ4v) is 5.72. The number of esters is 1. The average Bonchev–Trinajstić information content (AvgIpc) is 3.47. The maximum atomic E-state index is 13.5. The van der Waals surface area contributed by atoms with Crippen molar-refractivity contribution in [2.24, 2.45) is 11.7 Å². The summed E-state index contributed by atoms with van der Waals surface area (Å²) < 4.78 is 5.81. The first-order valence-electron chi connectivity index (χ1n) is 13.0. The van der Waals surface area contributed by atoms with Crippen LogP contribution in [-0.4, -0.2) is 40.7 Å². The van der Waals surface area contributed by atoms with Crippen LogP contribution >= 0.6 is 11.3 Å². The minimum absolute atomic E-state index is 0.273. The Bertz CT molecular complexity index is 1320. The van der Waals surface area contributed by atoms with Crippen LogP contribution < -0.4 is 5.73 Å². The lowest BCUT2D eigenvalue weighted by atomic mass is 9.86. The zero-order valence-electron chi connectivity index (χ0n) is 21.3. The molecule has 3 N–H and O–H groups in total. The molecular weight excluding hydrogens is 494 g/mol. The van der Waals surface area contributed by atoms with Gasteiger partial charge in [-0.15, -0.1) is 11.3 Å². The number of thiazole rings is 1. The molecule has 6 nitrogen and oxygen atoms in total. The molecule has 0 amide bonds. The Kier molecular flexibility index (Phi) is 8.29. The molecule has 1 aliphatic rings. The molecule has 196 valence electrons. The zero-order chi connectivity index (χ0) is 26.4. The normalized spacial score (nSPS) is 16.2. The van der Waals surface area contributed by atoms with E-state index in [1.807, 2.05) is 36.4 Å². The molecule has 0 bridgehead atoms. The number of aliphatic hydroxyl groups is 1. The third-order valence-corrected chi connectivity index (χ3v) is 8.27. The number of aromatic nitrogens is 1. The number of hydrogen-bond donors (Lipinski definition) is 2. The monoisotopic (exact) mass is 527 g/mol. The van der Waals surface area contributed by atoms with Gasteiger partial charge < -0.3 is 15.6 Å². The van der Waals surface area contributed by atoms with Gasteiger partial charge in [-0.05, 0) is 48.5 Å². The summed E-state index contributed by atoms with van der Waals surface area (Å²) in [6.45, 7) is 3.60. The molecule has 0 aliphatic carbocycles. The number of carbonyl (C=O) groups is 1. The molecule has 0 spiro atoms. The number of hydrogen-bond acceptors (Lipinski definition) is 7. The number of ether oxygens (including phenoxy) is 1. The summed E-state index contributed by atoms with van der Waals surface area (Å²) in [5, 5.41) is 12.7. The minimum atomic E-state index is -1.90. The van der Waals surface area contributed by atoms with E-state index in [1.54, 1.807) is 30.5 Å². The van der Waals surface area contributed by atoms with Crippen LogP contribution in [0.1, 0.15) is 34.4 Å². The van der Waals surface area contributed by atoms with Gasteiger partial charge in [0.15, 0.2) is 0 Å². The van der Waals surface area contributed by atoms with Crippen molar-refractivity contribution in [1.82, 2.24) is 9.88 Å². The Balaban J connectivity index is 1.26. The highest BCUT2D eigenvalue weighted by Crippen LogP contribution is 2.34. The van der Waals surface area contributed by atoms with Crippen LogP contribution in [0.5, 0.6) is 0 Å². The van der Waals surface area contributed by atoms with Gasteiger partial charge in [-0.3, -0.25) is 4.90 Å². The Morgan fingerprint density at radius 3 is 2.24 bits per heavy atom. The van der Waals surface area contributed by atoms with Crippen molar-refractivity contribution in [3.8, 4) is 10.6 Å². The second-order valence-electron chi connectivity index (χ2n) is 9.79. The van der Waals surface area contributed by atoms with Gasteiger partial charge in [-0.1, -0.05) is 84.9 Å². The van der Waals surface area contributed by atoms with E-state index in [0.717, 1.165) is 47.9 Å². The highest BCUT2D eigenvalue weighted by Gasteiger charge is 2.42. The largest absolute Gasteiger partial charge is 0.463 e. The van der Waals surface area contributed by atoms with E-state index in [9.17, 15) is 9.90 Å². The molecule has 1 atom stereocenters. The van der Waals surface area contributed by atoms with E-state index >= 15 is 0 Å². The molecular formula is C31H33N3O3S. The van der Waals surface area contributed by atoms with Crippen molar-refractivity contribution in [3.05, 3.63) is 113 Å². The lowest BCUT2D eigenvalue weighted by Crippen LogP contribution is -2.40. The number of benzene rings is 3. The van der Waals surface area contributed by atoms with Crippen molar-refractivity contribution < 1.29 is 14.6 Å². The fraction of sp³-hybridized carbons (Fsp3) is 0.290. The van der Waals surface area contributed by atoms with Crippen LogP contribution in [0.3, 0.4) is 0 Å². The summed E-state index contributed by atoms with van der Waals surface area (Å²) in [6, 6.07) is 26.8. The van der Waals surface area contributed by atoms with E-state index in [-0.39, 0.29) is 5.92 Å². The maximum absolute atomic E-state index is 13.5. The van der Waals surface area contributed by atoms with Crippen molar-refractivity contribution in [2.75, 3.05) is 19.7 Å². The highest BCUT2D eigenvalue weighted by molar-refractivity contribution is 7.15. The molecule has 1 aliphatic heterocycles. The summed E-state index contributed by atoms with van der Waals surface area (Å²) in [7, 11) is 0. The van der Waals surface area contributed by atoms with Crippen molar-refractivity contribution >= 4 is 17.3 Å². The van der Waals surface area contributed by atoms with Gasteiger partial charge in [0.05, 0.1) is 6.61 Å². The number of nitrogens with zero attached hydrogens (tertiary/aromatic N) is 2. The molecule has 4 aromatic rings. The van der Waals surface area contributed by atoms with Gasteiger partial charge in [0, 0.05) is 29.7 Å². The molecule has 7 heteroatoms. The van der Waals surface area contributed by atoms with Crippen LogP contribution in [0.15, 0.2) is 91.1 Å². The number of rotatable bonds is 9. The Hall–Kier alpha value is -3.36. The number of piperidine rings is 1. The summed E-state index contributed by atoms with van der Waals surface area (Å²) in [4.78, 5) is 21.4. The van der Waals surface area contributed by atoms with Gasteiger partial charge in [-0.25, -0.2) is 9.78 Å². The maximum Gasteiger partial charge on any atom is 0.347 e. The number of carbonyl (C=O) groups excluding carboxylic acids is 1. The van der Waals surface area contributed by atoms with Crippen LogP contribution in [0.25, 0.3) is 10.6 Å². The van der Waals surface area contributed by atoms with Gasteiger partial charge in [0.2, 0.25) is 5.60 Å².